The van der Waals surface area contributed by atoms with Crippen molar-refractivity contribution in [2.75, 3.05) is 31.9 Å². The van der Waals surface area contributed by atoms with Crippen LogP contribution in [-0.4, -0.2) is 41.9 Å². The summed E-state index contributed by atoms with van der Waals surface area (Å²) in [5.74, 6) is 0.0978. The number of hydrogen-bond donors (Lipinski definition) is 1. The zero-order valence-corrected chi connectivity index (χ0v) is 13.6. The molecule has 1 aliphatic rings. The molecule has 1 fully saturated rings. The molecule has 2 aromatic rings. The lowest BCUT2D eigenvalue weighted by Gasteiger charge is -2.34. The van der Waals surface area contributed by atoms with Gasteiger partial charge in [0.1, 0.15) is 0 Å². The van der Waals surface area contributed by atoms with E-state index in [1.54, 1.807) is 17.4 Å². The molecule has 1 saturated heterocycles. The summed E-state index contributed by atoms with van der Waals surface area (Å²) in [5.41, 5.74) is 8.17. The van der Waals surface area contributed by atoms with E-state index in [1.165, 1.54) is 4.88 Å². The fraction of sp³-hybridized carbons (Fsp3) is 0.353. The summed E-state index contributed by atoms with van der Waals surface area (Å²) in [6.07, 6.45) is 0. The zero-order valence-electron chi connectivity index (χ0n) is 12.8. The zero-order chi connectivity index (χ0) is 15.5. The third kappa shape index (κ3) is 3.31. The van der Waals surface area contributed by atoms with Crippen LogP contribution in [0.2, 0.25) is 0 Å². The lowest BCUT2D eigenvalue weighted by atomic mass is 10.1. The Kier molecular flexibility index (Phi) is 4.45. The maximum Gasteiger partial charge on any atom is 0.254 e. The van der Waals surface area contributed by atoms with Crippen LogP contribution in [0.5, 0.6) is 0 Å². The number of hydrogen-bond acceptors (Lipinski definition) is 4. The molecule has 4 nitrogen and oxygen atoms in total. The van der Waals surface area contributed by atoms with Crippen LogP contribution in [0.25, 0.3) is 0 Å². The molecule has 22 heavy (non-hydrogen) atoms. The number of piperazine rings is 1. The lowest BCUT2D eigenvalue weighted by Crippen LogP contribution is -2.48. The molecule has 1 amide bonds. The molecule has 0 unspecified atom stereocenters. The molecule has 1 aromatic carbocycles. The van der Waals surface area contributed by atoms with Crippen molar-refractivity contribution in [2.24, 2.45) is 0 Å². The molecule has 2 N–H and O–H groups in total. The molecule has 1 aromatic heterocycles. The van der Waals surface area contributed by atoms with E-state index in [-0.39, 0.29) is 5.91 Å². The largest absolute Gasteiger partial charge is 0.399 e. The summed E-state index contributed by atoms with van der Waals surface area (Å²) < 4.78 is 0. The number of benzene rings is 1. The molecule has 5 heteroatoms. The number of rotatable bonds is 3. The Balaban J connectivity index is 1.61. The van der Waals surface area contributed by atoms with Crippen molar-refractivity contribution < 1.29 is 4.79 Å². The van der Waals surface area contributed by atoms with E-state index < -0.39 is 0 Å². The molecule has 0 saturated carbocycles. The minimum absolute atomic E-state index is 0.0978. The smallest absolute Gasteiger partial charge is 0.254 e. The number of carbonyl (C=O) groups is 1. The van der Waals surface area contributed by atoms with Crippen LogP contribution in [0, 0.1) is 6.92 Å². The topological polar surface area (TPSA) is 49.6 Å². The third-order valence-corrected chi connectivity index (χ3v) is 4.97. The van der Waals surface area contributed by atoms with E-state index >= 15 is 0 Å². The maximum atomic E-state index is 12.7. The normalized spacial score (nSPS) is 16.0. The number of carbonyl (C=O) groups excluding carboxylic acids is 1. The van der Waals surface area contributed by atoms with E-state index in [0.717, 1.165) is 43.9 Å². The summed E-state index contributed by atoms with van der Waals surface area (Å²) in [6.45, 7) is 6.34. The second kappa shape index (κ2) is 6.50. The average Bonchev–Trinajstić information content (AvgIpc) is 3.03. The Bertz CT molecular complexity index is 646. The van der Waals surface area contributed by atoms with Gasteiger partial charge in [-0.25, -0.2) is 0 Å². The van der Waals surface area contributed by atoms with Gasteiger partial charge in [-0.05, 0) is 36.1 Å². The number of anilines is 1. The maximum absolute atomic E-state index is 12.7. The van der Waals surface area contributed by atoms with Crippen LogP contribution in [0.15, 0.2) is 35.7 Å². The van der Waals surface area contributed by atoms with Gasteiger partial charge in [-0.2, -0.15) is 0 Å². The number of amides is 1. The Labute approximate surface area is 135 Å². The monoisotopic (exact) mass is 315 g/mol. The number of nitrogens with zero attached hydrogens (tertiary/aromatic N) is 2. The molecule has 0 atom stereocenters. The van der Waals surface area contributed by atoms with Crippen molar-refractivity contribution in [3.05, 3.63) is 51.7 Å². The van der Waals surface area contributed by atoms with Gasteiger partial charge in [0.25, 0.3) is 5.91 Å². The van der Waals surface area contributed by atoms with E-state index in [0.29, 0.717) is 5.69 Å². The molecule has 1 aliphatic heterocycles. The van der Waals surface area contributed by atoms with E-state index in [4.69, 9.17) is 5.73 Å². The minimum Gasteiger partial charge on any atom is -0.399 e. The number of nitrogen functional groups attached to an aromatic ring is 1. The third-order valence-electron chi connectivity index (χ3n) is 4.11. The Morgan fingerprint density at radius 3 is 2.68 bits per heavy atom. The van der Waals surface area contributed by atoms with E-state index in [1.807, 2.05) is 24.0 Å². The van der Waals surface area contributed by atoms with E-state index in [2.05, 4.69) is 22.4 Å². The Morgan fingerprint density at radius 2 is 2.00 bits per heavy atom. The summed E-state index contributed by atoms with van der Waals surface area (Å²) >= 11 is 1.79. The van der Waals surface area contributed by atoms with Crippen molar-refractivity contribution in [3.8, 4) is 0 Å². The number of nitrogens with two attached hydrogens (primary N) is 1. The molecule has 2 heterocycles. The minimum atomic E-state index is 0.0978. The molecule has 3 rings (SSSR count). The summed E-state index contributed by atoms with van der Waals surface area (Å²) in [5, 5.41) is 2.11. The predicted octanol–water partition coefficient (Wildman–Crippen LogP) is 2.60. The van der Waals surface area contributed by atoms with Gasteiger partial charge in [0, 0.05) is 48.9 Å². The van der Waals surface area contributed by atoms with Crippen molar-refractivity contribution in [1.29, 1.82) is 0 Å². The van der Waals surface area contributed by atoms with Crippen LogP contribution < -0.4 is 5.73 Å². The highest BCUT2D eigenvalue weighted by atomic mass is 32.1. The molecular weight excluding hydrogens is 294 g/mol. The van der Waals surface area contributed by atoms with Gasteiger partial charge < -0.3 is 10.6 Å². The first-order valence-electron chi connectivity index (χ1n) is 7.53. The van der Waals surface area contributed by atoms with Crippen molar-refractivity contribution in [3.63, 3.8) is 0 Å². The standard InChI is InChI=1S/C17H21N3OS/c1-13-4-5-14(18)11-16(13)17(21)20-8-6-19(7-9-20)12-15-3-2-10-22-15/h2-5,10-11H,6-9,12,18H2,1H3. The fourth-order valence-corrected chi connectivity index (χ4v) is 3.52. The van der Waals surface area contributed by atoms with E-state index in [9.17, 15) is 4.79 Å². The highest BCUT2D eigenvalue weighted by Crippen LogP contribution is 2.18. The van der Waals surface area contributed by atoms with Gasteiger partial charge in [0.15, 0.2) is 0 Å². The number of thiophene rings is 1. The van der Waals surface area contributed by atoms with Crippen LogP contribution in [0.3, 0.4) is 0 Å². The van der Waals surface area contributed by atoms with Gasteiger partial charge in [0.05, 0.1) is 0 Å². The lowest BCUT2D eigenvalue weighted by molar-refractivity contribution is 0.0629. The SMILES string of the molecule is Cc1ccc(N)cc1C(=O)N1CCN(Cc2cccs2)CC1. The molecular formula is C17H21N3OS. The molecule has 0 spiro atoms. The van der Waals surface area contributed by atoms with Gasteiger partial charge in [0.2, 0.25) is 0 Å². The van der Waals surface area contributed by atoms with Gasteiger partial charge >= 0.3 is 0 Å². The first kappa shape index (κ1) is 15.1. The van der Waals surface area contributed by atoms with Gasteiger partial charge in [-0.3, -0.25) is 9.69 Å². The molecule has 116 valence electrons. The van der Waals surface area contributed by atoms with Crippen molar-refractivity contribution >= 4 is 22.9 Å². The number of aryl methyl sites for hydroxylation is 1. The second-order valence-electron chi connectivity index (χ2n) is 5.72. The Morgan fingerprint density at radius 1 is 1.23 bits per heavy atom. The predicted molar refractivity (Wildman–Crippen MR) is 91.1 cm³/mol. The Hall–Kier alpha value is -1.85. The molecule has 0 radical (unpaired) electrons. The van der Waals surface area contributed by atoms with Crippen molar-refractivity contribution in [2.45, 2.75) is 13.5 Å². The average molecular weight is 315 g/mol. The fourth-order valence-electron chi connectivity index (χ4n) is 2.77. The first-order chi connectivity index (χ1) is 10.6. The summed E-state index contributed by atoms with van der Waals surface area (Å²) in [4.78, 5) is 18.4. The van der Waals surface area contributed by atoms with Crippen LogP contribution in [-0.2, 0) is 6.54 Å². The highest BCUT2D eigenvalue weighted by Gasteiger charge is 2.23. The van der Waals surface area contributed by atoms with Gasteiger partial charge in [-0.15, -0.1) is 11.3 Å². The summed E-state index contributed by atoms with van der Waals surface area (Å²) in [6, 6.07) is 9.79. The highest BCUT2D eigenvalue weighted by molar-refractivity contribution is 7.09. The van der Waals surface area contributed by atoms with Crippen molar-refractivity contribution in [1.82, 2.24) is 9.80 Å². The van der Waals surface area contributed by atoms with Crippen LogP contribution in [0.4, 0.5) is 5.69 Å². The first-order valence-corrected chi connectivity index (χ1v) is 8.41. The molecule has 0 bridgehead atoms. The molecule has 0 aliphatic carbocycles. The second-order valence-corrected chi connectivity index (χ2v) is 6.75. The van der Waals surface area contributed by atoms with Crippen LogP contribution in [0.1, 0.15) is 20.8 Å². The quantitative estimate of drug-likeness (QED) is 0.886. The van der Waals surface area contributed by atoms with Crippen LogP contribution >= 0.6 is 11.3 Å². The van der Waals surface area contributed by atoms with Gasteiger partial charge in [-0.1, -0.05) is 12.1 Å². The summed E-state index contributed by atoms with van der Waals surface area (Å²) in [7, 11) is 0.